The Labute approximate surface area is 215 Å². The SMILES string of the molecule is C[C@@H]1C[C@H](O)c2ncnc(N3CCN(C(=O)C(CNC4CCOCC4)c4ccc(Br)cc4)CC3)c21. The Morgan fingerprint density at radius 2 is 1.89 bits per heavy atom. The Kier molecular flexibility index (Phi) is 7.67. The van der Waals surface area contributed by atoms with Crippen LogP contribution in [0.15, 0.2) is 35.1 Å². The van der Waals surface area contributed by atoms with E-state index >= 15 is 0 Å². The van der Waals surface area contributed by atoms with E-state index in [1.54, 1.807) is 6.33 Å². The van der Waals surface area contributed by atoms with Crippen LogP contribution in [0.2, 0.25) is 0 Å². The van der Waals surface area contributed by atoms with E-state index in [-0.39, 0.29) is 17.7 Å². The van der Waals surface area contributed by atoms with Crippen molar-refractivity contribution >= 4 is 27.7 Å². The highest BCUT2D eigenvalue weighted by Crippen LogP contribution is 2.42. The Hall–Kier alpha value is -2.07. The molecule has 1 aromatic carbocycles. The van der Waals surface area contributed by atoms with Gasteiger partial charge in [0.05, 0.1) is 17.7 Å². The first-order chi connectivity index (χ1) is 17.0. The lowest BCUT2D eigenvalue weighted by Crippen LogP contribution is -2.51. The maximum Gasteiger partial charge on any atom is 0.231 e. The monoisotopic (exact) mass is 543 g/mol. The average Bonchev–Trinajstić information content (AvgIpc) is 3.19. The van der Waals surface area contributed by atoms with E-state index in [0.717, 1.165) is 66.3 Å². The van der Waals surface area contributed by atoms with Crippen LogP contribution in [0.25, 0.3) is 0 Å². The fourth-order valence-corrected chi connectivity index (χ4v) is 5.81. The molecule has 2 saturated heterocycles. The number of nitrogens with zero attached hydrogens (tertiary/aromatic N) is 4. The minimum absolute atomic E-state index is 0.170. The van der Waals surface area contributed by atoms with Crippen LogP contribution in [-0.4, -0.2) is 77.9 Å². The molecule has 3 aliphatic rings. The highest BCUT2D eigenvalue weighted by molar-refractivity contribution is 9.10. The summed E-state index contributed by atoms with van der Waals surface area (Å²) in [6.07, 6.45) is 3.69. The third-order valence-corrected chi connectivity index (χ3v) is 8.10. The summed E-state index contributed by atoms with van der Waals surface area (Å²) < 4.78 is 6.50. The smallest absolute Gasteiger partial charge is 0.231 e. The van der Waals surface area contributed by atoms with Gasteiger partial charge in [0, 0.05) is 62.0 Å². The van der Waals surface area contributed by atoms with Crippen LogP contribution >= 0.6 is 15.9 Å². The van der Waals surface area contributed by atoms with Crippen LogP contribution in [0.4, 0.5) is 5.82 Å². The van der Waals surface area contributed by atoms with Crippen molar-refractivity contribution in [3.8, 4) is 0 Å². The number of fused-ring (bicyclic) bond motifs is 1. The lowest BCUT2D eigenvalue weighted by molar-refractivity contribution is -0.133. The average molecular weight is 544 g/mol. The van der Waals surface area contributed by atoms with E-state index in [2.05, 4.69) is 43.0 Å². The molecule has 3 atom stereocenters. The van der Waals surface area contributed by atoms with E-state index < -0.39 is 6.10 Å². The molecular weight excluding hydrogens is 510 g/mol. The Morgan fingerprint density at radius 1 is 1.17 bits per heavy atom. The second-order valence-corrected chi connectivity index (χ2v) is 10.8. The summed E-state index contributed by atoms with van der Waals surface area (Å²) in [4.78, 5) is 26.9. The second kappa shape index (κ2) is 10.9. The van der Waals surface area contributed by atoms with Crippen LogP contribution < -0.4 is 10.2 Å². The molecule has 1 aromatic heterocycles. The van der Waals surface area contributed by atoms with Crippen LogP contribution in [0.1, 0.15) is 60.9 Å². The number of anilines is 1. The van der Waals surface area contributed by atoms with Crippen molar-refractivity contribution in [1.29, 1.82) is 0 Å². The van der Waals surface area contributed by atoms with E-state index in [1.807, 2.05) is 29.2 Å². The fraction of sp³-hybridized carbons (Fsp3) is 0.577. The summed E-state index contributed by atoms with van der Waals surface area (Å²) in [5, 5.41) is 14.0. The first kappa shape index (κ1) is 24.6. The molecule has 8 nitrogen and oxygen atoms in total. The zero-order valence-corrected chi connectivity index (χ0v) is 21.8. The van der Waals surface area contributed by atoms with Crippen LogP contribution in [-0.2, 0) is 9.53 Å². The number of aliphatic hydroxyl groups excluding tert-OH is 1. The number of ether oxygens (including phenoxy) is 1. The number of amides is 1. The van der Waals surface area contributed by atoms with Gasteiger partial charge in [-0.1, -0.05) is 35.0 Å². The number of hydrogen-bond donors (Lipinski definition) is 2. The van der Waals surface area contributed by atoms with Crippen LogP contribution in [0.5, 0.6) is 0 Å². The van der Waals surface area contributed by atoms with E-state index in [9.17, 15) is 9.90 Å². The molecule has 5 rings (SSSR count). The second-order valence-electron chi connectivity index (χ2n) is 9.86. The molecule has 0 spiro atoms. The molecule has 2 N–H and O–H groups in total. The maximum atomic E-state index is 13.8. The highest BCUT2D eigenvalue weighted by atomic mass is 79.9. The van der Waals surface area contributed by atoms with E-state index in [1.165, 1.54) is 0 Å². The number of rotatable bonds is 6. The predicted octanol–water partition coefficient (Wildman–Crippen LogP) is 2.98. The van der Waals surface area contributed by atoms with E-state index in [4.69, 9.17) is 4.74 Å². The summed E-state index contributed by atoms with van der Waals surface area (Å²) in [7, 11) is 0. The van der Waals surface area contributed by atoms with Crippen LogP contribution in [0, 0.1) is 0 Å². The Balaban J connectivity index is 1.27. The number of piperazine rings is 1. The third-order valence-electron chi connectivity index (χ3n) is 7.57. The first-order valence-electron chi connectivity index (χ1n) is 12.6. The van der Waals surface area contributed by atoms with Gasteiger partial charge in [-0.2, -0.15) is 0 Å². The Morgan fingerprint density at radius 3 is 2.60 bits per heavy atom. The van der Waals surface area contributed by atoms with Crippen molar-refractivity contribution in [2.24, 2.45) is 0 Å². The van der Waals surface area contributed by atoms with Gasteiger partial charge >= 0.3 is 0 Å². The molecule has 1 amide bonds. The number of carbonyl (C=O) groups is 1. The summed E-state index contributed by atoms with van der Waals surface area (Å²) in [6.45, 7) is 7.04. The first-order valence-corrected chi connectivity index (χ1v) is 13.4. The minimum Gasteiger partial charge on any atom is -0.387 e. The molecule has 2 aliphatic heterocycles. The van der Waals surface area contributed by atoms with Crippen molar-refractivity contribution in [2.45, 2.75) is 50.2 Å². The normalized spacial score (nSPS) is 23.9. The molecule has 188 valence electrons. The molecule has 2 fully saturated rings. The van der Waals surface area contributed by atoms with Gasteiger partial charge in [-0.3, -0.25) is 4.79 Å². The number of halogens is 1. The number of carbonyl (C=O) groups excluding carboxylic acids is 1. The molecule has 0 saturated carbocycles. The molecule has 1 aliphatic carbocycles. The predicted molar refractivity (Wildman–Crippen MR) is 138 cm³/mol. The zero-order valence-electron chi connectivity index (χ0n) is 20.2. The zero-order chi connectivity index (χ0) is 24.4. The van der Waals surface area contributed by atoms with Crippen molar-refractivity contribution in [3.05, 3.63) is 51.9 Å². The maximum absolute atomic E-state index is 13.8. The van der Waals surface area contributed by atoms with Gasteiger partial charge in [-0.25, -0.2) is 9.97 Å². The van der Waals surface area contributed by atoms with Gasteiger partial charge in [-0.05, 0) is 42.9 Å². The molecule has 35 heavy (non-hydrogen) atoms. The molecule has 1 unspecified atom stereocenters. The van der Waals surface area contributed by atoms with Gasteiger partial charge < -0.3 is 25.0 Å². The van der Waals surface area contributed by atoms with Gasteiger partial charge in [-0.15, -0.1) is 0 Å². The van der Waals surface area contributed by atoms with E-state index in [0.29, 0.717) is 32.1 Å². The van der Waals surface area contributed by atoms with Crippen LogP contribution in [0.3, 0.4) is 0 Å². The summed E-state index contributed by atoms with van der Waals surface area (Å²) in [5.41, 5.74) is 2.86. The standard InChI is InChI=1S/C26H34BrN5O3/c1-17-14-22(33)24-23(17)25(30-16-29-24)31-8-10-32(11-9-31)26(34)21(18-2-4-19(27)5-3-18)15-28-20-6-12-35-13-7-20/h2-5,16-17,20-22,28,33H,6-15H2,1H3/t17-,21?,22+/m1/s1. The number of benzene rings is 1. The van der Waals surface area contributed by atoms with Crippen molar-refractivity contribution in [2.75, 3.05) is 50.8 Å². The Bertz CT molecular complexity index is 1020. The largest absolute Gasteiger partial charge is 0.387 e. The summed E-state index contributed by atoms with van der Waals surface area (Å²) >= 11 is 3.51. The van der Waals surface area contributed by atoms with Crippen molar-refractivity contribution < 1.29 is 14.6 Å². The van der Waals surface area contributed by atoms with Gasteiger partial charge in [0.25, 0.3) is 0 Å². The number of hydrogen-bond acceptors (Lipinski definition) is 7. The topological polar surface area (TPSA) is 90.8 Å². The summed E-state index contributed by atoms with van der Waals surface area (Å²) in [5.74, 6) is 1.09. The molecule has 2 aromatic rings. The fourth-order valence-electron chi connectivity index (χ4n) is 5.54. The third kappa shape index (κ3) is 5.38. The molecule has 9 heteroatoms. The van der Waals surface area contributed by atoms with Gasteiger partial charge in [0.1, 0.15) is 12.1 Å². The lowest BCUT2D eigenvalue weighted by atomic mass is 9.96. The minimum atomic E-state index is -0.514. The number of nitrogens with one attached hydrogen (secondary N) is 1. The molecule has 0 bridgehead atoms. The van der Waals surface area contributed by atoms with Crippen molar-refractivity contribution in [3.63, 3.8) is 0 Å². The quantitative estimate of drug-likeness (QED) is 0.578. The van der Waals surface area contributed by atoms with Crippen molar-refractivity contribution in [1.82, 2.24) is 20.2 Å². The number of aliphatic hydroxyl groups is 1. The van der Waals surface area contributed by atoms with Gasteiger partial charge in [0.15, 0.2) is 0 Å². The van der Waals surface area contributed by atoms with Gasteiger partial charge in [0.2, 0.25) is 5.91 Å². The highest BCUT2D eigenvalue weighted by Gasteiger charge is 2.35. The molecule has 0 radical (unpaired) electrons. The summed E-state index contributed by atoms with van der Waals surface area (Å²) in [6, 6.07) is 8.50. The molecule has 3 heterocycles. The number of aromatic nitrogens is 2. The lowest BCUT2D eigenvalue weighted by Gasteiger charge is -2.38. The molecular formula is C26H34BrN5O3.